The molecule has 0 amide bonds. The van der Waals surface area contributed by atoms with Crippen LogP contribution in [0.5, 0.6) is 0 Å². The highest BCUT2D eigenvalue weighted by Gasteiger charge is 1.94. The Bertz CT molecular complexity index is 168. The van der Waals surface area contributed by atoms with Crippen LogP contribution in [0.3, 0.4) is 0 Å². The molecule has 0 aromatic carbocycles. The third kappa shape index (κ3) is 2.78. The fourth-order valence-electron chi connectivity index (χ4n) is 0.311. The molecule has 50 valence electrons. The van der Waals surface area contributed by atoms with Gasteiger partial charge in [0.2, 0.25) is 0 Å². The summed E-state index contributed by atoms with van der Waals surface area (Å²) in [6.45, 7) is 8.94. The molecule has 0 aromatic heterocycles. The topological polar surface area (TPSA) is 0 Å². The second-order valence-electron chi connectivity index (χ2n) is 1.64. The first-order valence-electron chi connectivity index (χ1n) is 2.46. The van der Waals surface area contributed by atoms with Crippen molar-refractivity contribution in [3.8, 4) is 0 Å². The van der Waals surface area contributed by atoms with Crippen LogP contribution in [0.1, 0.15) is 6.92 Å². The summed E-state index contributed by atoms with van der Waals surface area (Å²) in [6, 6.07) is 0. The third-order valence-electron chi connectivity index (χ3n) is 0.937. The second kappa shape index (κ2) is 3.80. The predicted molar refractivity (Wildman–Crippen MR) is 46.9 cm³/mol. The number of allylic oxidation sites excluding steroid dienone is 3. The molecule has 0 spiro atoms. The van der Waals surface area contributed by atoms with Gasteiger partial charge in [0.05, 0.1) is 0 Å². The third-order valence-corrected chi connectivity index (χ3v) is 1.88. The fraction of sp³-hybridized carbons (Fsp3) is 0.143. The van der Waals surface area contributed by atoms with Gasteiger partial charge in [-0.15, -0.1) is 12.6 Å². The summed E-state index contributed by atoms with van der Waals surface area (Å²) in [7, 11) is 0. The van der Waals surface area contributed by atoms with Gasteiger partial charge in [-0.05, 0) is 12.5 Å². The molecule has 2 heteroatoms. The van der Waals surface area contributed by atoms with Gasteiger partial charge < -0.3 is 0 Å². The van der Waals surface area contributed by atoms with Gasteiger partial charge in [0.25, 0.3) is 0 Å². The Hall–Kier alpha value is -0.140. The molecule has 0 aliphatic heterocycles. The molecule has 0 aliphatic carbocycles. The second-order valence-corrected chi connectivity index (χ2v) is 2.54. The number of halogens is 1. The fourth-order valence-corrected chi connectivity index (χ4v) is 0.551. The van der Waals surface area contributed by atoms with E-state index in [1.165, 1.54) is 0 Å². The van der Waals surface area contributed by atoms with E-state index >= 15 is 0 Å². The molecular weight excluding hydrogens is 152 g/mol. The average Bonchev–Trinajstić information content (AvgIpc) is 1.84. The predicted octanol–water partition coefficient (Wildman–Crippen LogP) is 3.13. The minimum atomic E-state index is 0.454. The molecule has 0 rings (SSSR count). The molecule has 0 radical (unpaired) electrons. The summed E-state index contributed by atoms with van der Waals surface area (Å²) in [4.78, 5) is 0.701. The van der Waals surface area contributed by atoms with Crippen LogP contribution in [0.4, 0.5) is 0 Å². The maximum absolute atomic E-state index is 5.53. The van der Waals surface area contributed by atoms with E-state index in [9.17, 15) is 0 Å². The summed E-state index contributed by atoms with van der Waals surface area (Å²) in [5, 5.41) is 0.454. The van der Waals surface area contributed by atoms with Crippen LogP contribution in [0.2, 0.25) is 0 Å². The van der Waals surface area contributed by atoms with Gasteiger partial charge in [0.1, 0.15) is 0 Å². The van der Waals surface area contributed by atoms with Gasteiger partial charge in [-0.3, -0.25) is 0 Å². The van der Waals surface area contributed by atoms with Gasteiger partial charge in [-0.25, -0.2) is 0 Å². The summed E-state index contributed by atoms with van der Waals surface area (Å²) in [6.07, 6.45) is 1.69. The van der Waals surface area contributed by atoms with Gasteiger partial charge >= 0.3 is 0 Å². The minimum absolute atomic E-state index is 0.454. The molecule has 0 atom stereocenters. The molecule has 0 bridgehead atoms. The molecule has 0 heterocycles. The van der Waals surface area contributed by atoms with Gasteiger partial charge in [-0.1, -0.05) is 30.8 Å². The summed E-state index contributed by atoms with van der Waals surface area (Å²) in [5.74, 6) is 0. The molecule has 0 saturated carbocycles. The van der Waals surface area contributed by atoms with Crippen molar-refractivity contribution in [1.29, 1.82) is 0 Å². The van der Waals surface area contributed by atoms with Crippen molar-refractivity contribution in [2.45, 2.75) is 6.92 Å². The Kier molecular flexibility index (Phi) is 3.75. The van der Waals surface area contributed by atoms with Crippen molar-refractivity contribution in [2.24, 2.45) is 0 Å². The molecule has 0 unspecified atom stereocenters. The molecule has 0 aliphatic rings. The summed E-state index contributed by atoms with van der Waals surface area (Å²) in [5.41, 5.74) is 0.943. The number of thiol groups is 1. The molecule has 0 fully saturated rings. The Morgan fingerprint density at radius 1 is 1.67 bits per heavy atom. The first-order chi connectivity index (χ1) is 4.09. The first kappa shape index (κ1) is 8.86. The maximum Gasteiger partial charge on any atom is 0.0470 e. The zero-order chi connectivity index (χ0) is 7.44. The number of hydrogen-bond donors (Lipinski definition) is 1. The quantitative estimate of drug-likeness (QED) is 0.466. The van der Waals surface area contributed by atoms with E-state index < -0.39 is 0 Å². The van der Waals surface area contributed by atoms with Crippen LogP contribution in [0, 0.1) is 0 Å². The lowest BCUT2D eigenvalue weighted by Gasteiger charge is -1.97. The minimum Gasteiger partial charge on any atom is -0.142 e. The summed E-state index contributed by atoms with van der Waals surface area (Å²) < 4.78 is 0. The maximum atomic E-state index is 5.53. The van der Waals surface area contributed by atoms with Crippen molar-refractivity contribution < 1.29 is 0 Å². The van der Waals surface area contributed by atoms with Crippen molar-refractivity contribution in [3.63, 3.8) is 0 Å². The van der Waals surface area contributed by atoms with Crippen LogP contribution in [-0.4, -0.2) is 0 Å². The van der Waals surface area contributed by atoms with E-state index in [1.54, 1.807) is 6.08 Å². The molecule has 0 aromatic rings. The van der Waals surface area contributed by atoms with Crippen LogP contribution in [-0.2, 0) is 0 Å². The van der Waals surface area contributed by atoms with Crippen LogP contribution in [0.25, 0.3) is 0 Å². The molecular formula is C7H9ClS. The van der Waals surface area contributed by atoms with Crippen molar-refractivity contribution >= 4 is 24.2 Å². The van der Waals surface area contributed by atoms with Crippen molar-refractivity contribution in [2.75, 3.05) is 0 Å². The van der Waals surface area contributed by atoms with E-state index in [4.69, 9.17) is 11.6 Å². The highest BCUT2D eigenvalue weighted by molar-refractivity contribution is 7.85. The van der Waals surface area contributed by atoms with Crippen LogP contribution >= 0.6 is 24.2 Å². The standard InChI is InChI=1S/C7H9ClS/c1-4-5(2)7(9)6(3)8/h4,9H,1,3H2,2H3/b7-5+. The average molecular weight is 161 g/mol. The zero-order valence-corrected chi connectivity index (χ0v) is 6.97. The molecule has 0 saturated heterocycles. The Morgan fingerprint density at radius 2 is 2.11 bits per heavy atom. The Labute approximate surface area is 66.3 Å². The highest BCUT2D eigenvalue weighted by Crippen LogP contribution is 2.20. The smallest absolute Gasteiger partial charge is 0.0470 e. The lowest BCUT2D eigenvalue weighted by molar-refractivity contribution is 1.51. The Morgan fingerprint density at radius 3 is 2.22 bits per heavy atom. The first-order valence-corrected chi connectivity index (χ1v) is 3.29. The van der Waals surface area contributed by atoms with Gasteiger partial charge in [-0.2, -0.15) is 0 Å². The van der Waals surface area contributed by atoms with Crippen molar-refractivity contribution in [1.82, 2.24) is 0 Å². The lowest BCUT2D eigenvalue weighted by atomic mass is 10.3. The molecule has 0 nitrogen and oxygen atoms in total. The monoisotopic (exact) mass is 160 g/mol. The van der Waals surface area contributed by atoms with E-state index in [1.807, 2.05) is 6.92 Å². The van der Waals surface area contributed by atoms with E-state index in [2.05, 4.69) is 25.8 Å². The lowest BCUT2D eigenvalue weighted by Crippen LogP contribution is -1.74. The highest BCUT2D eigenvalue weighted by atomic mass is 35.5. The Balaban J connectivity index is 4.47. The van der Waals surface area contributed by atoms with Crippen molar-refractivity contribution in [3.05, 3.63) is 34.7 Å². The van der Waals surface area contributed by atoms with Crippen LogP contribution in [0.15, 0.2) is 34.7 Å². The molecule has 0 N–H and O–H groups in total. The zero-order valence-electron chi connectivity index (χ0n) is 5.32. The summed E-state index contributed by atoms with van der Waals surface area (Å²) >= 11 is 9.60. The van der Waals surface area contributed by atoms with Gasteiger partial charge in [0.15, 0.2) is 0 Å². The normalized spacial score (nSPS) is 12.3. The van der Waals surface area contributed by atoms with E-state index in [-0.39, 0.29) is 0 Å². The van der Waals surface area contributed by atoms with E-state index in [0.29, 0.717) is 9.94 Å². The largest absolute Gasteiger partial charge is 0.142 e. The number of hydrogen-bond acceptors (Lipinski definition) is 1. The SMILES string of the molecule is C=C/C(C)=C(/S)C(=C)Cl. The number of rotatable bonds is 2. The van der Waals surface area contributed by atoms with E-state index in [0.717, 1.165) is 5.57 Å². The molecule has 9 heavy (non-hydrogen) atoms. The van der Waals surface area contributed by atoms with Gasteiger partial charge in [0, 0.05) is 9.94 Å². The van der Waals surface area contributed by atoms with Crippen LogP contribution < -0.4 is 0 Å².